The fourth-order valence-electron chi connectivity index (χ4n) is 2.38. The molecule has 24 heavy (non-hydrogen) atoms. The van der Waals surface area contributed by atoms with E-state index in [9.17, 15) is 4.79 Å². The minimum absolute atomic E-state index is 0.388. The van der Waals surface area contributed by atoms with E-state index < -0.39 is 0 Å². The topological polar surface area (TPSA) is 48.4 Å². The van der Waals surface area contributed by atoms with Gasteiger partial charge in [-0.05, 0) is 53.1 Å². The predicted molar refractivity (Wildman–Crippen MR) is 92.4 cm³/mol. The number of aldehydes is 1. The Bertz CT molecular complexity index is 814. The molecular weight excluding hydrogens is 302 g/mol. The molecule has 1 heterocycles. The van der Waals surface area contributed by atoms with E-state index in [1.165, 1.54) is 0 Å². The summed E-state index contributed by atoms with van der Waals surface area (Å²) in [6.45, 7) is 0.388. The van der Waals surface area contributed by atoms with Gasteiger partial charge in [-0.2, -0.15) is 0 Å². The number of pyridine rings is 1. The maximum Gasteiger partial charge on any atom is 0.153 e. The Labute approximate surface area is 140 Å². The monoisotopic (exact) mass is 319 g/mol. The quantitative estimate of drug-likeness (QED) is 0.640. The number of nitrogens with zero attached hydrogens (tertiary/aromatic N) is 1. The van der Waals surface area contributed by atoms with Gasteiger partial charge in [0.25, 0.3) is 0 Å². The standard InChI is InChI=1S/C20H17NO3/c1-23-19-5-2-15(3-6-19)14-24-20-7-4-17(12-18(20)13-22)16-8-10-21-11-9-16/h2-13H,14H2,1H3. The van der Waals surface area contributed by atoms with Gasteiger partial charge >= 0.3 is 0 Å². The Morgan fingerprint density at radius 2 is 1.71 bits per heavy atom. The van der Waals surface area contributed by atoms with E-state index >= 15 is 0 Å². The second kappa shape index (κ2) is 7.42. The van der Waals surface area contributed by atoms with Crippen molar-refractivity contribution in [3.8, 4) is 22.6 Å². The molecule has 3 aromatic rings. The van der Waals surface area contributed by atoms with Gasteiger partial charge in [0, 0.05) is 12.4 Å². The van der Waals surface area contributed by atoms with Gasteiger partial charge in [-0.25, -0.2) is 0 Å². The number of benzene rings is 2. The summed E-state index contributed by atoms with van der Waals surface area (Å²) in [7, 11) is 1.63. The number of hydrogen-bond donors (Lipinski definition) is 0. The fourth-order valence-corrected chi connectivity index (χ4v) is 2.38. The molecule has 0 saturated carbocycles. The highest BCUT2D eigenvalue weighted by molar-refractivity contribution is 5.82. The van der Waals surface area contributed by atoms with Crippen LogP contribution < -0.4 is 9.47 Å². The third-order valence-corrected chi connectivity index (χ3v) is 3.70. The maximum absolute atomic E-state index is 11.4. The predicted octanol–water partition coefficient (Wildman–Crippen LogP) is 4.15. The Morgan fingerprint density at radius 3 is 2.38 bits per heavy atom. The summed E-state index contributed by atoms with van der Waals surface area (Å²) in [6.07, 6.45) is 4.27. The SMILES string of the molecule is COc1ccc(COc2ccc(-c3ccncc3)cc2C=O)cc1. The van der Waals surface area contributed by atoms with Gasteiger partial charge in [0.05, 0.1) is 12.7 Å². The first-order valence-electron chi connectivity index (χ1n) is 7.55. The van der Waals surface area contributed by atoms with Gasteiger partial charge in [0.1, 0.15) is 18.1 Å². The van der Waals surface area contributed by atoms with Crippen LogP contribution in [0.15, 0.2) is 67.0 Å². The van der Waals surface area contributed by atoms with Gasteiger partial charge in [-0.15, -0.1) is 0 Å². The number of aromatic nitrogens is 1. The molecule has 4 heteroatoms. The van der Waals surface area contributed by atoms with Crippen LogP contribution in [-0.2, 0) is 6.61 Å². The van der Waals surface area contributed by atoms with Gasteiger partial charge in [-0.3, -0.25) is 9.78 Å². The zero-order valence-electron chi connectivity index (χ0n) is 13.3. The van der Waals surface area contributed by atoms with Crippen molar-refractivity contribution >= 4 is 6.29 Å². The number of ether oxygens (including phenoxy) is 2. The summed E-state index contributed by atoms with van der Waals surface area (Å²) >= 11 is 0. The van der Waals surface area contributed by atoms with Crippen molar-refractivity contribution in [2.24, 2.45) is 0 Å². The lowest BCUT2D eigenvalue weighted by Gasteiger charge is -2.11. The number of carbonyl (C=O) groups is 1. The summed E-state index contributed by atoms with van der Waals surface area (Å²) in [4.78, 5) is 15.4. The minimum Gasteiger partial charge on any atom is -0.497 e. The molecule has 0 radical (unpaired) electrons. The summed E-state index contributed by atoms with van der Waals surface area (Å²) in [5.41, 5.74) is 3.50. The van der Waals surface area contributed by atoms with Crippen LogP contribution in [0.5, 0.6) is 11.5 Å². The molecule has 0 fully saturated rings. The molecule has 0 aliphatic carbocycles. The van der Waals surface area contributed by atoms with Crippen LogP contribution in [0.25, 0.3) is 11.1 Å². The van der Waals surface area contributed by atoms with Gasteiger partial charge in [-0.1, -0.05) is 18.2 Å². The normalized spacial score (nSPS) is 10.2. The van der Waals surface area contributed by atoms with E-state index in [1.54, 1.807) is 19.5 Å². The van der Waals surface area contributed by atoms with Crippen molar-refractivity contribution in [1.29, 1.82) is 0 Å². The molecule has 0 amide bonds. The Morgan fingerprint density at radius 1 is 0.958 bits per heavy atom. The lowest BCUT2D eigenvalue weighted by Crippen LogP contribution is -1.98. The van der Waals surface area contributed by atoms with Crippen molar-refractivity contribution < 1.29 is 14.3 Å². The highest BCUT2D eigenvalue weighted by Gasteiger charge is 2.07. The van der Waals surface area contributed by atoms with Crippen LogP contribution in [0.1, 0.15) is 15.9 Å². The maximum atomic E-state index is 11.4. The number of hydrogen-bond acceptors (Lipinski definition) is 4. The Hall–Kier alpha value is -3.14. The largest absolute Gasteiger partial charge is 0.497 e. The molecule has 0 N–H and O–H groups in total. The number of carbonyl (C=O) groups excluding carboxylic acids is 1. The van der Waals surface area contributed by atoms with Crippen LogP contribution in [0.4, 0.5) is 0 Å². The molecule has 0 aliphatic heterocycles. The van der Waals surface area contributed by atoms with E-state index in [0.29, 0.717) is 17.9 Å². The van der Waals surface area contributed by atoms with Crippen LogP contribution in [-0.4, -0.2) is 18.4 Å². The molecule has 0 aliphatic rings. The molecule has 1 aromatic heterocycles. The Kier molecular flexibility index (Phi) is 4.87. The van der Waals surface area contributed by atoms with Crippen molar-refractivity contribution in [1.82, 2.24) is 4.98 Å². The lowest BCUT2D eigenvalue weighted by atomic mass is 10.0. The molecule has 3 rings (SSSR count). The second-order valence-corrected chi connectivity index (χ2v) is 5.24. The molecule has 2 aromatic carbocycles. The van der Waals surface area contributed by atoms with Crippen molar-refractivity contribution in [3.05, 3.63) is 78.1 Å². The first-order chi connectivity index (χ1) is 11.8. The van der Waals surface area contributed by atoms with Gasteiger partial charge in [0.2, 0.25) is 0 Å². The Balaban J connectivity index is 1.76. The minimum atomic E-state index is 0.388. The average molecular weight is 319 g/mol. The third-order valence-electron chi connectivity index (χ3n) is 3.70. The summed E-state index contributed by atoms with van der Waals surface area (Å²) in [5, 5.41) is 0. The molecule has 0 spiro atoms. The number of rotatable bonds is 6. The highest BCUT2D eigenvalue weighted by Crippen LogP contribution is 2.26. The van der Waals surface area contributed by atoms with Crippen molar-refractivity contribution in [3.63, 3.8) is 0 Å². The van der Waals surface area contributed by atoms with E-state index in [0.717, 1.165) is 28.7 Å². The van der Waals surface area contributed by atoms with E-state index in [1.807, 2.05) is 54.6 Å². The van der Waals surface area contributed by atoms with E-state index in [-0.39, 0.29) is 0 Å². The second-order valence-electron chi connectivity index (χ2n) is 5.24. The zero-order chi connectivity index (χ0) is 16.8. The van der Waals surface area contributed by atoms with Crippen LogP contribution in [0.2, 0.25) is 0 Å². The molecule has 0 bridgehead atoms. The first-order valence-corrected chi connectivity index (χ1v) is 7.55. The van der Waals surface area contributed by atoms with E-state index in [4.69, 9.17) is 9.47 Å². The van der Waals surface area contributed by atoms with Crippen LogP contribution >= 0.6 is 0 Å². The molecule has 0 atom stereocenters. The molecule has 0 saturated heterocycles. The van der Waals surface area contributed by atoms with Crippen molar-refractivity contribution in [2.75, 3.05) is 7.11 Å². The molecule has 120 valence electrons. The number of methoxy groups -OCH3 is 1. The van der Waals surface area contributed by atoms with E-state index in [2.05, 4.69) is 4.98 Å². The highest BCUT2D eigenvalue weighted by atomic mass is 16.5. The van der Waals surface area contributed by atoms with Crippen LogP contribution in [0, 0.1) is 0 Å². The van der Waals surface area contributed by atoms with Gasteiger partial charge in [0.15, 0.2) is 6.29 Å². The smallest absolute Gasteiger partial charge is 0.153 e. The summed E-state index contributed by atoms with van der Waals surface area (Å²) < 4.78 is 10.9. The van der Waals surface area contributed by atoms with Gasteiger partial charge < -0.3 is 9.47 Å². The zero-order valence-corrected chi connectivity index (χ0v) is 13.3. The fraction of sp³-hybridized carbons (Fsp3) is 0.100. The molecule has 4 nitrogen and oxygen atoms in total. The molecular formula is C20H17NO3. The third kappa shape index (κ3) is 3.60. The first kappa shape index (κ1) is 15.7. The molecule has 0 unspecified atom stereocenters. The summed E-state index contributed by atoms with van der Waals surface area (Å²) in [5.74, 6) is 1.37. The summed E-state index contributed by atoms with van der Waals surface area (Å²) in [6, 6.07) is 17.0. The lowest BCUT2D eigenvalue weighted by molar-refractivity contribution is 0.111. The average Bonchev–Trinajstić information content (AvgIpc) is 2.67. The van der Waals surface area contributed by atoms with Crippen molar-refractivity contribution in [2.45, 2.75) is 6.61 Å². The van der Waals surface area contributed by atoms with Crippen LogP contribution in [0.3, 0.4) is 0 Å².